The van der Waals surface area contributed by atoms with Crippen LogP contribution in [0.3, 0.4) is 0 Å². The first kappa shape index (κ1) is 24.9. The van der Waals surface area contributed by atoms with Gasteiger partial charge in [-0.2, -0.15) is 5.10 Å². The van der Waals surface area contributed by atoms with Gasteiger partial charge in [0.1, 0.15) is 0 Å². The Morgan fingerprint density at radius 1 is 1.10 bits per heavy atom. The quantitative estimate of drug-likeness (QED) is 0.340. The van der Waals surface area contributed by atoms with Gasteiger partial charge >= 0.3 is 0 Å². The van der Waals surface area contributed by atoms with Crippen LogP contribution in [0.25, 0.3) is 0 Å². The van der Waals surface area contributed by atoms with E-state index in [-0.39, 0.29) is 29.9 Å². The molecule has 0 fully saturated rings. The molecule has 0 aliphatic heterocycles. The number of carbonyl (C=O) groups is 1. The SMILES string of the molecule is CCN(CC)C(=O)c1ccc(CNC(=NC)NCc2c(C)nn(C)c2C)cc1.I. The van der Waals surface area contributed by atoms with Crippen LogP contribution in [0.1, 0.15) is 46.7 Å². The molecule has 1 amide bonds. The molecular formula is C21H33IN6O. The van der Waals surface area contributed by atoms with Gasteiger partial charge in [0.2, 0.25) is 0 Å². The van der Waals surface area contributed by atoms with Crippen LogP contribution >= 0.6 is 24.0 Å². The second-order valence-electron chi connectivity index (χ2n) is 6.73. The number of amides is 1. The van der Waals surface area contributed by atoms with Gasteiger partial charge < -0.3 is 15.5 Å². The standard InChI is InChI=1S/C21H32N6O.HI/c1-7-27(8-2)20(28)18-11-9-17(10-12-18)13-23-21(22-5)24-14-19-15(3)25-26(6)16(19)4;/h9-12H,7-8,13-14H2,1-6H3,(H2,22,23,24);1H. The third kappa shape index (κ3) is 6.45. The first-order valence-corrected chi connectivity index (χ1v) is 9.73. The first-order chi connectivity index (χ1) is 13.4. The topological polar surface area (TPSA) is 74.6 Å². The molecule has 1 aromatic heterocycles. The Kier molecular flexibility index (Phi) is 10.1. The van der Waals surface area contributed by atoms with Crippen LogP contribution in [0, 0.1) is 13.8 Å². The molecule has 0 saturated carbocycles. The lowest BCUT2D eigenvalue weighted by Crippen LogP contribution is -2.36. The van der Waals surface area contributed by atoms with Crippen molar-refractivity contribution in [3.8, 4) is 0 Å². The number of halogens is 1. The van der Waals surface area contributed by atoms with Gasteiger partial charge in [-0.25, -0.2) is 0 Å². The highest BCUT2D eigenvalue weighted by Crippen LogP contribution is 2.11. The van der Waals surface area contributed by atoms with Crippen LogP contribution in [-0.2, 0) is 20.1 Å². The zero-order chi connectivity index (χ0) is 20.7. The summed E-state index contributed by atoms with van der Waals surface area (Å²) in [5.41, 5.74) is 5.17. The van der Waals surface area contributed by atoms with E-state index in [0.717, 1.165) is 41.6 Å². The summed E-state index contributed by atoms with van der Waals surface area (Å²) in [6.45, 7) is 10.8. The van der Waals surface area contributed by atoms with E-state index < -0.39 is 0 Å². The lowest BCUT2D eigenvalue weighted by atomic mass is 10.1. The summed E-state index contributed by atoms with van der Waals surface area (Å²) in [5.74, 6) is 0.801. The molecule has 29 heavy (non-hydrogen) atoms. The number of aryl methyl sites for hydroxylation is 2. The number of aliphatic imine (C=N–C) groups is 1. The van der Waals surface area contributed by atoms with Gasteiger partial charge in [0, 0.05) is 57.1 Å². The van der Waals surface area contributed by atoms with Crippen LogP contribution in [0.15, 0.2) is 29.3 Å². The third-order valence-corrected chi connectivity index (χ3v) is 5.03. The minimum absolute atomic E-state index is 0. The van der Waals surface area contributed by atoms with E-state index in [2.05, 4.69) is 27.6 Å². The second kappa shape index (κ2) is 11.8. The minimum Gasteiger partial charge on any atom is -0.352 e. The predicted octanol–water partition coefficient (Wildman–Crippen LogP) is 3.00. The Hall–Kier alpha value is -2.10. The number of guanidine groups is 1. The fourth-order valence-corrected chi connectivity index (χ4v) is 3.11. The highest BCUT2D eigenvalue weighted by Gasteiger charge is 2.12. The third-order valence-electron chi connectivity index (χ3n) is 5.03. The van der Waals surface area contributed by atoms with Gasteiger partial charge in [0.05, 0.1) is 5.69 Å². The molecule has 1 heterocycles. The highest BCUT2D eigenvalue weighted by molar-refractivity contribution is 14.0. The summed E-state index contributed by atoms with van der Waals surface area (Å²) in [5, 5.41) is 11.1. The van der Waals surface area contributed by atoms with Gasteiger partial charge in [-0.1, -0.05) is 12.1 Å². The zero-order valence-electron chi connectivity index (χ0n) is 18.2. The van der Waals surface area contributed by atoms with Crippen molar-refractivity contribution in [2.24, 2.45) is 12.0 Å². The summed E-state index contributed by atoms with van der Waals surface area (Å²) in [4.78, 5) is 18.5. The maximum Gasteiger partial charge on any atom is 0.253 e. The van der Waals surface area contributed by atoms with Gasteiger partial charge in [0.25, 0.3) is 5.91 Å². The molecule has 2 rings (SSSR count). The van der Waals surface area contributed by atoms with E-state index in [1.54, 1.807) is 7.05 Å². The number of benzene rings is 1. The average Bonchev–Trinajstić information content (AvgIpc) is 2.95. The van der Waals surface area contributed by atoms with E-state index in [9.17, 15) is 4.79 Å². The van der Waals surface area contributed by atoms with Crippen molar-refractivity contribution >= 4 is 35.8 Å². The van der Waals surface area contributed by atoms with Crippen LogP contribution in [0.4, 0.5) is 0 Å². The largest absolute Gasteiger partial charge is 0.352 e. The molecule has 0 bridgehead atoms. The van der Waals surface area contributed by atoms with Gasteiger partial charge in [-0.15, -0.1) is 24.0 Å². The van der Waals surface area contributed by atoms with E-state index in [1.807, 2.05) is 61.7 Å². The molecule has 7 nitrogen and oxygen atoms in total. The normalized spacial score (nSPS) is 11.0. The molecule has 8 heteroatoms. The summed E-state index contributed by atoms with van der Waals surface area (Å²) in [7, 11) is 3.71. The summed E-state index contributed by atoms with van der Waals surface area (Å²) >= 11 is 0. The molecule has 0 unspecified atom stereocenters. The van der Waals surface area contributed by atoms with E-state index in [1.165, 1.54) is 5.56 Å². The highest BCUT2D eigenvalue weighted by atomic mass is 127. The Balaban J connectivity index is 0.00000420. The lowest BCUT2D eigenvalue weighted by Gasteiger charge is -2.18. The van der Waals surface area contributed by atoms with E-state index >= 15 is 0 Å². The number of rotatable bonds is 7. The van der Waals surface area contributed by atoms with Crippen LogP contribution in [0.2, 0.25) is 0 Å². The van der Waals surface area contributed by atoms with Crippen LogP contribution in [-0.4, -0.2) is 46.7 Å². The Bertz CT molecular complexity index is 824. The van der Waals surface area contributed by atoms with Crippen molar-refractivity contribution in [3.63, 3.8) is 0 Å². The average molecular weight is 512 g/mol. The Morgan fingerprint density at radius 2 is 1.69 bits per heavy atom. The smallest absolute Gasteiger partial charge is 0.253 e. The van der Waals surface area contributed by atoms with Gasteiger partial charge in [0.15, 0.2) is 5.96 Å². The zero-order valence-corrected chi connectivity index (χ0v) is 20.6. The molecule has 0 radical (unpaired) electrons. The minimum atomic E-state index is 0. The maximum atomic E-state index is 12.4. The lowest BCUT2D eigenvalue weighted by molar-refractivity contribution is 0.0773. The molecule has 2 N–H and O–H groups in total. The molecule has 0 aliphatic rings. The molecule has 0 saturated heterocycles. The Labute approximate surface area is 191 Å². The van der Waals surface area contributed by atoms with Crippen molar-refractivity contribution in [1.29, 1.82) is 0 Å². The molecule has 1 aromatic carbocycles. The van der Waals surface area contributed by atoms with Crippen molar-refractivity contribution in [1.82, 2.24) is 25.3 Å². The fourth-order valence-electron chi connectivity index (χ4n) is 3.11. The number of nitrogens with zero attached hydrogens (tertiary/aromatic N) is 4. The van der Waals surface area contributed by atoms with E-state index in [0.29, 0.717) is 13.1 Å². The first-order valence-electron chi connectivity index (χ1n) is 9.73. The number of hydrogen-bond donors (Lipinski definition) is 2. The number of aromatic nitrogens is 2. The molecule has 2 aromatic rings. The summed E-state index contributed by atoms with van der Waals surface area (Å²) < 4.78 is 1.89. The number of carbonyl (C=O) groups excluding carboxylic acids is 1. The predicted molar refractivity (Wildman–Crippen MR) is 129 cm³/mol. The molecule has 0 atom stereocenters. The molecule has 160 valence electrons. The van der Waals surface area contributed by atoms with Crippen molar-refractivity contribution in [2.75, 3.05) is 20.1 Å². The Morgan fingerprint density at radius 3 is 2.17 bits per heavy atom. The van der Waals surface area contributed by atoms with Crippen LogP contribution < -0.4 is 10.6 Å². The van der Waals surface area contributed by atoms with Gasteiger partial charge in [-0.05, 0) is 45.4 Å². The van der Waals surface area contributed by atoms with Crippen LogP contribution in [0.5, 0.6) is 0 Å². The molecule has 0 spiro atoms. The monoisotopic (exact) mass is 512 g/mol. The summed E-state index contributed by atoms with van der Waals surface area (Å²) in [6.07, 6.45) is 0. The van der Waals surface area contributed by atoms with E-state index in [4.69, 9.17) is 0 Å². The number of hydrogen-bond acceptors (Lipinski definition) is 3. The van der Waals surface area contributed by atoms with Crippen molar-refractivity contribution in [3.05, 3.63) is 52.3 Å². The molecular weight excluding hydrogens is 479 g/mol. The number of nitrogens with one attached hydrogen (secondary N) is 2. The molecule has 0 aliphatic carbocycles. The maximum absolute atomic E-state index is 12.4. The summed E-state index contributed by atoms with van der Waals surface area (Å²) in [6, 6.07) is 7.73. The van der Waals surface area contributed by atoms with Crippen molar-refractivity contribution < 1.29 is 4.79 Å². The second-order valence-corrected chi connectivity index (χ2v) is 6.73. The van der Waals surface area contributed by atoms with Crippen molar-refractivity contribution in [2.45, 2.75) is 40.8 Å². The fraction of sp³-hybridized carbons (Fsp3) is 0.476. The van der Waals surface area contributed by atoms with Gasteiger partial charge in [-0.3, -0.25) is 14.5 Å².